The Hall–Kier alpha value is -4.59. The molecule has 0 aliphatic carbocycles. The highest BCUT2D eigenvalue weighted by Crippen LogP contribution is 2.34. The van der Waals surface area contributed by atoms with Crippen LogP contribution in [0.3, 0.4) is 0 Å². The predicted octanol–water partition coefficient (Wildman–Crippen LogP) is 3.99. The molecule has 0 fully saturated rings. The molecule has 0 saturated carbocycles. The fourth-order valence-electron chi connectivity index (χ4n) is 3.31. The van der Waals surface area contributed by atoms with Gasteiger partial charge in [0.25, 0.3) is 0 Å². The monoisotopic (exact) mass is 443 g/mol. The Labute approximate surface area is 188 Å². The molecule has 2 aliphatic rings. The van der Waals surface area contributed by atoms with E-state index < -0.39 is 11.9 Å². The number of fused-ring (bicyclic) bond motifs is 1. The number of nitrogens with zero attached hydrogens (tertiary/aromatic N) is 1. The molecule has 3 aromatic rings. The van der Waals surface area contributed by atoms with Crippen molar-refractivity contribution in [1.82, 2.24) is 0 Å². The second-order valence-electron chi connectivity index (χ2n) is 7.07. The lowest BCUT2D eigenvalue weighted by atomic mass is 10.1. The van der Waals surface area contributed by atoms with Crippen LogP contribution in [0.4, 0.5) is 0 Å². The van der Waals surface area contributed by atoms with Crippen LogP contribution in [-0.2, 0) is 9.53 Å². The molecule has 0 saturated heterocycles. The number of carbonyl (C=O) groups excluding carboxylic acids is 2. The van der Waals surface area contributed by atoms with Gasteiger partial charge < -0.3 is 23.7 Å². The molecule has 5 rings (SSSR count). The summed E-state index contributed by atoms with van der Waals surface area (Å²) < 4.78 is 26.7. The maximum absolute atomic E-state index is 12.6. The number of hydrogen-bond acceptors (Lipinski definition) is 8. The van der Waals surface area contributed by atoms with Crippen molar-refractivity contribution in [1.29, 1.82) is 0 Å². The summed E-state index contributed by atoms with van der Waals surface area (Å²) in [5.41, 5.74) is 1.79. The number of cyclic esters (lactones) is 1. The van der Waals surface area contributed by atoms with Gasteiger partial charge in [-0.05, 0) is 54.1 Å². The second kappa shape index (κ2) is 8.51. The first-order valence-corrected chi connectivity index (χ1v) is 9.98. The molecule has 164 valence electrons. The smallest absolute Gasteiger partial charge is 0.363 e. The second-order valence-corrected chi connectivity index (χ2v) is 7.07. The third kappa shape index (κ3) is 4.14. The number of carbonyl (C=O) groups is 2. The molecule has 0 spiro atoms. The minimum atomic E-state index is -0.575. The van der Waals surface area contributed by atoms with Gasteiger partial charge in [-0.25, -0.2) is 14.6 Å². The fourth-order valence-corrected chi connectivity index (χ4v) is 3.31. The van der Waals surface area contributed by atoms with Crippen molar-refractivity contribution >= 4 is 23.9 Å². The third-order valence-electron chi connectivity index (χ3n) is 4.94. The number of methoxy groups -OCH3 is 1. The lowest BCUT2D eigenvalue weighted by Crippen LogP contribution is -2.09. The summed E-state index contributed by atoms with van der Waals surface area (Å²) in [5, 5.41) is 0. The Balaban J connectivity index is 1.37. The van der Waals surface area contributed by atoms with E-state index in [4.69, 9.17) is 23.7 Å². The highest BCUT2D eigenvalue weighted by molar-refractivity contribution is 6.12. The van der Waals surface area contributed by atoms with Gasteiger partial charge in [0.05, 0.1) is 12.7 Å². The largest absolute Gasteiger partial charge is 0.493 e. The molecule has 8 nitrogen and oxygen atoms in total. The van der Waals surface area contributed by atoms with Crippen molar-refractivity contribution < 1.29 is 33.3 Å². The molecule has 2 aliphatic heterocycles. The molecule has 0 atom stereocenters. The maximum atomic E-state index is 12.6. The van der Waals surface area contributed by atoms with Gasteiger partial charge in [-0.2, -0.15) is 0 Å². The molecule has 0 unspecified atom stereocenters. The van der Waals surface area contributed by atoms with Crippen molar-refractivity contribution in [3.05, 3.63) is 89.1 Å². The molecule has 0 aromatic heterocycles. The molecule has 0 bridgehead atoms. The number of benzene rings is 3. The van der Waals surface area contributed by atoms with Crippen LogP contribution < -0.4 is 18.9 Å². The zero-order chi connectivity index (χ0) is 22.8. The van der Waals surface area contributed by atoms with Crippen molar-refractivity contribution in [3.63, 3.8) is 0 Å². The zero-order valence-electron chi connectivity index (χ0n) is 17.4. The molecule has 8 heteroatoms. The number of esters is 2. The average Bonchev–Trinajstić information content (AvgIpc) is 3.46. The van der Waals surface area contributed by atoms with Gasteiger partial charge in [-0.3, -0.25) is 0 Å². The lowest BCUT2D eigenvalue weighted by molar-refractivity contribution is -0.129. The normalized spacial score (nSPS) is 15.2. The van der Waals surface area contributed by atoms with Gasteiger partial charge in [0, 0.05) is 5.56 Å². The first-order chi connectivity index (χ1) is 16.1. The quantitative estimate of drug-likeness (QED) is 0.334. The fraction of sp³-hybridized carbons (Fsp3) is 0.0800. The molecule has 2 heterocycles. The van der Waals surface area contributed by atoms with Crippen molar-refractivity contribution in [2.75, 3.05) is 13.9 Å². The summed E-state index contributed by atoms with van der Waals surface area (Å²) in [6.07, 6.45) is 1.57. The minimum Gasteiger partial charge on any atom is -0.493 e. The van der Waals surface area contributed by atoms with Crippen molar-refractivity contribution in [2.45, 2.75) is 0 Å². The molecule has 0 N–H and O–H groups in total. The van der Waals surface area contributed by atoms with Crippen LogP contribution in [0.25, 0.3) is 6.08 Å². The van der Waals surface area contributed by atoms with Crippen LogP contribution in [-0.4, -0.2) is 31.7 Å². The van der Waals surface area contributed by atoms with E-state index in [2.05, 4.69) is 4.99 Å². The number of ether oxygens (including phenoxy) is 5. The van der Waals surface area contributed by atoms with Gasteiger partial charge in [-0.1, -0.05) is 24.3 Å². The summed E-state index contributed by atoms with van der Waals surface area (Å²) in [7, 11) is 1.46. The van der Waals surface area contributed by atoms with Gasteiger partial charge in [0.1, 0.15) is 0 Å². The van der Waals surface area contributed by atoms with Crippen molar-refractivity contribution in [3.8, 4) is 23.0 Å². The van der Waals surface area contributed by atoms with Gasteiger partial charge in [0.2, 0.25) is 12.7 Å². The molecule has 33 heavy (non-hydrogen) atoms. The standard InChI is InChI=1S/C25H17NO7/c1-29-21-12-15(11-18-25(28)33-23(26-18)16-5-3-2-4-6-16)7-9-20(21)32-24(27)17-8-10-19-22(13-17)31-14-30-19/h2-13H,14H2,1H3. The Morgan fingerprint density at radius 1 is 0.970 bits per heavy atom. The first-order valence-electron chi connectivity index (χ1n) is 9.98. The highest BCUT2D eigenvalue weighted by atomic mass is 16.7. The Morgan fingerprint density at radius 3 is 2.61 bits per heavy atom. The van der Waals surface area contributed by atoms with E-state index in [1.54, 1.807) is 54.6 Å². The SMILES string of the molecule is COc1cc(C=C2N=C(c3ccccc3)OC2=O)ccc1OC(=O)c1ccc2c(c1)OCO2. The molecule has 0 radical (unpaired) electrons. The highest BCUT2D eigenvalue weighted by Gasteiger charge is 2.24. The van der Waals surface area contributed by atoms with E-state index in [1.165, 1.54) is 7.11 Å². The summed E-state index contributed by atoms with van der Waals surface area (Å²) in [6.45, 7) is 0.114. The molecular formula is C25H17NO7. The lowest BCUT2D eigenvalue weighted by Gasteiger charge is -2.10. The van der Waals surface area contributed by atoms with Crippen LogP contribution in [0.2, 0.25) is 0 Å². The van der Waals surface area contributed by atoms with Crippen LogP contribution in [0.1, 0.15) is 21.5 Å². The third-order valence-corrected chi connectivity index (χ3v) is 4.94. The molecular weight excluding hydrogens is 426 g/mol. The summed E-state index contributed by atoms with van der Waals surface area (Å²) in [6, 6.07) is 18.9. The van der Waals surface area contributed by atoms with Crippen molar-refractivity contribution in [2.24, 2.45) is 4.99 Å². The number of aliphatic imine (C=N–C) groups is 1. The van der Waals surface area contributed by atoms with Gasteiger partial charge >= 0.3 is 11.9 Å². The molecule has 3 aromatic carbocycles. The van der Waals surface area contributed by atoms with Crippen LogP contribution >= 0.6 is 0 Å². The van der Waals surface area contributed by atoms with Gasteiger partial charge in [0.15, 0.2) is 28.7 Å². The predicted molar refractivity (Wildman–Crippen MR) is 118 cm³/mol. The van der Waals surface area contributed by atoms with Crippen LogP contribution in [0, 0.1) is 0 Å². The topological polar surface area (TPSA) is 92.7 Å². The summed E-state index contributed by atoms with van der Waals surface area (Å²) in [5.74, 6) is 0.720. The Morgan fingerprint density at radius 2 is 1.79 bits per heavy atom. The van der Waals surface area contributed by atoms with Crippen LogP contribution in [0.15, 0.2) is 77.4 Å². The minimum absolute atomic E-state index is 0.114. The maximum Gasteiger partial charge on any atom is 0.363 e. The van der Waals surface area contributed by atoms with Crippen LogP contribution in [0.5, 0.6) is 23.0 Å². The van der Waals surface area contributed by atoms with E-state index >= 15 is 0 Å². The molecule has 0 amide bonds. The van der Waals surface area contributed by atoms with Gasteiger partial charge in [-0.15, -0.1) is 0 Å². The Kier molecular flexibility index (Phi) is 5.24. The summed E-state index contributed by atoms with van der Waals surface area (Å²) >= 11 is 0. The van der Waals surface area contributed by atoms with E-state index in [-0.39, 0.29) is 24.1 Å². The average molecular weight is 443 g/mol. The van der Waals surface area contributed by atoms with E-state index in [9.17, 15) is 9.59 Å². The summed E-state index contributed by atoms with van der Waals surface area (Å²) in [4.78, 5) is 29.1. The Bertz CT molecular complexity index is 1310. The zero-order valence-corrected chi connectivity index (χ0v) is 17.4. The van der Waals surface area contributed by atoms with E-state index in [1.807, 2.05) is 18.2 Å². The number of hydrogen-bond donors (Lipinski definition) is 0. The van der Waals surface area contributed by atoms with E-state index in [0.717, 1.165) is 0 Å². The number of rotatable bonds is 5. The van der Waals surface area contributed by atoms with E-state index in [0.29, 0.717) is 33.9 Å². The first kappa shape index (κ1) is 20.3.